The number of ether oxygens (including phenoxy) is 1. The molecule has 0 atom stereocenters. The first-order valence-corrected chi connectivity index (χ1v) is 7.73. The van der Waals surface area contributed by atoms with Gasteiger partial charge in [-0.2, -0.15) is 8.78 Å². The van der Waals surface area contributed by atoms with Gasteiger partial charge >= 0.3 is 12.9 Å². The largest absolute Gasteiger partial charge is 0.573 e. The summed E-state index contributed by atoms with van der Waals surface area (Å²) in [5.74, 6) is 0.0355. The number of nitrogens with one attached hydrogen (secondary N) is 2. The van der Waals surface area contributed by atoms with Gasteiger partial charge in [-0.25, -0.2) is 9.97 Å². The Morgan fingerprint density at radius 1 is 1.15 bits per heavy atom. The number of rotatable bonds is 5. The van der Waals surface area contributed by atoms with Crippen molar-refractivity contribution in [1.29, 1.82) is 0 Å². The average molecular weight is 374 g/mol. The molecule has 10 heteroatoms. The summed E-state index contributed by atoms with van der Waals surface area (Å²) in [5.41, 5.74) is 1.24. The van der Waals surface area contributed by atoms with Gasteiger partial charge in [-0.15, -0.1) is 13.2 Å². The van der Waals surface area contributed by atoms with Gasteiger partial charge < -0.3 is 15.4 Å². The molecule has 2 N–H and O–H groups in total. The minimum absolute atomic E-state index is 0.000378. The maximum atomic E-state index is 12.8. The molecule has 0 unspecified atom stereocenters. The number of alkyl halides is 5. The predicted molar refractivity (Wildman–Crippen MR) is 84.1 cm³/mol. The van der Waals surface area contributed by atoms with Crippen molar-refractivity contribution in [3.8, 4) is 17.0 Å². The highest BCUT2D eigenvalue weighted by Crippen LogP contribution is 2.31. The third-order valence-corrected chi connectivity index (χ3v) is 3.92. The molecule has 2 heterocycles. The standard InChI is InChI=1S/C16H15F5N4O/c1-8-12(9-2-4-11(5-3-9)26-16(19,20)21)23-14(10-6-22-7-10)24-13(8)25-15(17)18/h2-5,10,15,22H,6-7H2,1H3,(H,23,24,25). The zero-order valence-corrected chi connectivity index (χ0v) is 13.6. The maximum Gasteiger partial charge on any atom is 0.573 e. The molecule has 0 spiro atoms. The van der Waals surface area contributed by atoms with E-state index >= 15 is 0 Å². The van der Waals surface area contributed by atoms with E-state index in [1.807, 2.05) is 5.32 Å². The smallest absolute Gasteiger partial charge is 0.406 e. The van der Waals surface area contributed by atoms with Gasteiger partial charge in [0.25, 0.3) is 0 Å². The Morgan fingerprint density at radius 3 is 2.31 bits per heavy atom. The molecule has 5 nitrogen and oxygen atoms in total. The molecule has 2 aromatic rings. The van der Waals surface area contributed by atoms with Crippen LogP contribution in [0.25, 0.3) is 11.3 Å². The Hall–Kier alpha value is -2.49. The third kappa shape index (κ3) is 4.18. The number of hydrogen-bond donors (Lipinski definition) is 2. The first-order valence-electron chi connectivity index (χ1n) is 7.73. The maximum absolute atomic E-state index is 12.8. The Labute approximate surface area is 145 Å². The van der Waals surface area contributed by atoms with Crippen LogP contribution in [0.1, 0.15) is 17.3 Å². The van der Waals surface area contributed by atoms with Crippen molar-refractivity contribution in [2.24, 2.45) is 0 Å². The highest BCUT2D eigenvalue weighted by atomic mass is 19.4. The van der Waals surface area contributed by atoms with E-state index in [1.165, 1.54) is 12.1 Å². The molecule has 1 aromatic heterocycles. The number of aromatic nitrogens is 2. The molecule has 140 valence electrons. The van der Waals surface area contributed by atoms with Crippen LogP contribution in [0.3, 0.4) is 0 Å². The molecule has 1 fully saturated rings. The van der Waals surface area contributed by atoms with E-state index in [-0.39, 0.29) is 17.5 Å². The van der Waals surface area contributed by atoms with Crippen LogP contribution in [-0.2, 0) is 0 Å². The highest BCUT2D eigenvalue weighted by molar-refractivity contribution is 5.69. The SMILES string of the molecule is Cc1c(NC(F)F)nc(C2CNC2)nc1-c1ccc(OC(F)(F)F)cc1. The minimum Gasteiger partial charge on any atom is -0.406 e. The zero-order chi connectivity index (χ0) is 18.9. The molecular weight excluding hydrogens is 359 g/mol. The molecule has 1 aliphatic heterocycles. The van der Waals surface area contributed by atoms with Crippen molar-refractivity contribution in [2.75, 3.05) is 18.4 Å². The number of benzene rings is 1. The van der Waals surface area contributed by atoms with E-state index in [4.69, 9.17) is 0 Å². The summed E-state index contributed by atoms with van der Waals surface area (Å²) >= 11 is 0. The van der Waals surface area contributed by atoms with Crippen molar-refractivity contribution in [1.82, 2.24) is 15.3 Å². The van der Waals surface area contributed by atoms with Crippen molar-refractivity contribution in [3.05, 3.63) is 35.7 Å². The van der Waals surface area contributed by atoms with Crippen LogP contribution < -0.4 is 15.4 Å². The lowest BCUT2D eigenvalue weighted by Crippen LogP contribution is -2.41. The Bertz CT molecular complexity index is 775. The summed E-state index contributed by atoms with van der Waals surface area (Å²) in [4.78, 5) is 8.61. The monoisotopic (exact) mass is 374 g/mol. The zero-order valence-electron chi connectivity index (χ0n) is 13.6. The van der Waals surface area contributed by atoms with Crippen LogP contribution >= 0.6 is 0 Å². The molecule has 3 rings (SSSR count). The second-order valence-corrected chi connectivity index (χ2v) is 5.78. The molecular formula is C16H15F5N4O. The first kappa shape index (κ1) is 18.3. The van der Waals surface area contributed by atoms with Crippen LogP contribution in [0, 0.1) is 6.92 Å². The second kappa shape index (κ2) is 7.02. The lowest BCUT2D eigenvalue weighted by Gasteiger charge is -2.27. The number of halogens is 5. The molecule has 0 bridgehead atoms. The highest BCUT2D eigenvalue weighted by Gasteiger charge is 2.31. The van der Waals surface area contributed by atoms with Gasteiger partial charge in [-0.1, -0.05) is 0 Å². The van der Waals surface area contributed by atoms with E-state index in [2.05, 4.69) is 20.0 Å². The molecule has 0 radical (unpaired) electrons. The predicted octanol–water partition coefficient (Wildman–Crippen LogP) is 3.67. The van der Waals surface area contributed by atoms with E-state index in [0.717, 1.165) is 12.1 Å². The van der Waals surface area contributed by atoms with E-state index in [9.17, 15) is 22.0 Å². The van der Waals surface area contributed by atoms with Crippen LogP contribution in [-0.4, -0.2) is 36.0 Å². The topological polar surface area (TPSA) is 59.1 Å². The lowest BCUT2D eigenvalue weighted by molar-refractivity contribution is -0.274. The Balaban J connectivity index is 1.97. The summed E-state index contributed by atoms with van der Waals surface area (Å²) < 4.78 is 66.2. The van der Waals surface area contributed by atoms with Gasteiger partial charge in [0.2, 0.25) is 0 Å². The lowest BCUT2D eigenvalue weighted by atomic mass is 10.0. The summed E-state index contributed by atoms with van der Waals surface area (Å²) in [7, 11) is 0. The molecule has 26 heavy (non-hydrogen) atoms. The van der Waals surface area contributed by atoms with Gasteiger partial charge in [0.05, 0.1) is 5.69 Å². The minimum atomic E-state index is -4.79. The van der Waals surface area contributed by atoms with Crippen LogP contribution in [0.15, 0.2) is 24.3 Å². The molecule has 1 aromatic carbocycles. The Kier molecular flexibility index (Phi) is 4.94. The first-order chi connectivity index (χ1) is 12.2. The van der Waals surface area contributed by atoms with E-state index in [0.29, 0.717) is 35.7 Å². The van der Waals surface area contributed by atoms with Gasteiger partial charge in [0, 0.05) is 30.1 Å². The molecule has 0 aliphatic carbocycles. The summed E-state index contributed by atoms with van der Waals surface area (Å²) in [6, 6.07) is 5.08. The van der Waals surface area contributed by atoms with Crippen LogP contribution in [0.2, 0.25) is 0 Å². The number of hydrogen-bond acceptors (Lipinski definition) is 5. The molecule has 1 saturated heterocycles. The summed E-state index contributed by atoms with van der Waals surface area (Å²) in [6.07, 6.45) is -4.79. The van der Waals surface area contributed by atoms with Gasteiger partial charge in [-0.05, 0) is 31.2 Å². The van der Waals surface area contributed by atoms with Gasteiger partial charge in [0.1, 0.15) is 17.4 Å². The summed E-state index contributed by atoms with van der Waals surface area (Å²) in [5, 5.41) is 5.04. The molecule has 0 saturated carbocycles. The van der Waals surface area contributed by atoms with Crippen molar-refractivity contribution >= 4 is 5.82 Å². The fourth-order valence-corrected chi connectivity index (χ4v) is 2.53. The van der Waals surface area contributed by atoms with Crippen LogP contribution in [0.5, 0.6) is 5.75 Å². The second-order valence-electron chi connectivity index (χ2n) is 5.78. The van der Waals surface area contributed by atoms with Gasteiger partial charge in [-0.3, -0.25) is 0 Å². The molecule has 0 amide bonds. The van der Waals surface area contributed by atoms with Crippen molar-refractivity contribution < 1.29 is 26.7 Å². The van der Waals surface area contributed by atoms with Crippen molar-refractivity contribution in [2.45, 2.75) is 25.8 Å². The normalized spacial score (nSPS) is 15.0. The number of anilines is 1. The fraction of sp³-hybridized carbons (Fsp3) is 0.375. The fourth-order valence-electron chi connectivity index (χ4n) is 2.53. The third-order valence-electron chi connectivity index (χ3n) is 3.92. The van der Waals surface area contributed by atoms with Crippen molar-refractivity contribution in [3.63, 3.8) is 0 Å². The average Bonchev–Trinajstić information content (AvgIpc) is 2.47. The summed E-state index contributed by atoms with van der Waals surface area (Å²) in [6.45, 7) is 0.0406. The number of nitrogens with zero attached hydrogens (tertiary/aromatic N) is 2. The van der Waals surface area contributed by atoms with Gasteiger partial charge in [0.15, 0.2) is 0 Å². The Morgan fingerprint density at radius 2 is 1.81 bits per heavy atom. The van der Waals surface area contributed by atoms with E-state index in [1.54, 1.807) is 6.92 Å². The quantitative estimate of drug-likeness (QED) is 0.618. The molecule has 1 aliphatic rings. The van der Waals surface area contributed by atoms with Crippen LogP contribution in [0.4, 0.5) is 27.8 Å². The van der Waals surface area contributed by atoms with E-state index < -0.39 is 12.9 Å².